The number of ether oxygens (including phenoxy) is 5. The van der Waals surface area contributed by atoms with E-state index in [1.165, 1.54) is 6.33 Å². The number of fused-ring (bicyclic) bond motifs is 1. The monoisotopic (exact) mass is 803 g/mol. The highest BCUT2D eigenvalue weighted by molar-refractivity contribution is 7.55. The number of nitrogens with zero attached hydrogens (tertiary/aromatic N) is 5. The van der Waals surface area contributed by atoms with Gasteiger partial charge in [-0.2, -0.15) is 4.90 Å². The molecule has 3 aromatic rings. The van der Waals surface area contributed by atoms with Crippen LogP contribution in [0.3, 0.4) is 0 Å². The molecule has 1 aromatic carbocycles. The molecule has 3 atom stereocenters. The summed E-state index contributed by atoms with van der Waals surface area (Å²) in [5, 5.41) is 0. The number of benzene rings is 1. The number of aromatic nitrogens is 4. The molecule has 0 N–H and O–H groups in total. The number of hydrogen-bond acceptors (Lipinski definition) is 14. The number of imide groups is 1. The van der Waals surface area contributed by atoms with Crippen LogP contribution in [0.15, 0.2) is 36.7 Å². The number of esters is 1. The van der Waals surface area contributed by atoms with Crippen molar-refractivity contribution in [1.29, 1.82) is 0 Å². The number of rotatable bonds is 18. The van der Waals surface area contributed by atoms with Crippen molar-refractivity contribution in [3.8, 4) is 0 Å². The fraction of sp³-hybridized carbons (Fsp3) is 0.641. The van der Waals surface area contributed by atoms with Gasteiger partial charge in [-0.25, -0.2) is 29.3 Å². The molecule has 0 bridgehead atoms. The first-order chi connectivity index (χ1) is 26.5. The summed E-state index contributed by atoms with van der Waals surface area (Å²) in [5.41, 5.74) is -0.572. The van der Waals surface area contributed by atoms with E-state index >= 15 is 0 Å². The molecule has 0 aliphatic carbocycles. The maximum absolute atomic E-state index is 14.1. The molecule has 2 aromatic heterocycles. The molecule has 1 aliphatic rings. The van der Waals surface area contributed by atoms with Crippen molar-refractivity contribution >= 4 is 42.7 Å². The third-order valence-electron chi connectivity index (χ3n) is 8.17. The van der Waals surface area contributed by atoms with Gasteiger partial charge in [-0.05, 0) is 79.7 Å². The Kier molecular flexibility index (Phi) is 16.0. The Balaban J connectivity index is 1.68. The van der Waals surface area contributed by atoms with E-state index in [1.54, 1.807) is 53.0 Å². The first-order valence-corrected chi connectivity index (χ1v) is 21.0. The van der Waals surface area contributed by atoms with Gasteiger partial charge in [-0.1, -0.05) is 57.0 Å². The number of hydrogen-bond donors (Lipinski definition) is 0. The summed E-state index contributed by atoms with van der Waals surface area (Å²) in [5.74, 6) is -2.25. The highest BCUT2D eigenvalue weighted by Gasteiger charge is 2.45. The number of carbonyl (C=O) groups is 3. The number of amides is 2. The SMILES string of the molecule is CCCCOP(=O)(OCCCC)C(OC[C@@H]1CC[C@H](n2cnc3c(N(C(=O)OC(C)(C)C)C(=O)OC(C)(C)C)nc(Cc4ccccc4)nc32)O1)C(=O)OCC. The largest absolute Gasteiger partial charge is 0.464 e. The Morgan fingerprint density at radius 2 is 1.52 bits per heavy atom. The summed E-state index contributed by atoms with van der Waals surface area (Å²) in [6.07, 6.45) is 2.42. The first-order valence-electron chi connectivity index (χ1n) is 19.3. The molecule has 17 heteroatoms. The van der Waals surface area contributed by atoms with E-state index in [9.17, 15) is 18.9 Å². The molecule has 2 amide bonds. The van der Waals surface area contributed by atoms with Crippen molar-refractivity contribution in [3.63, 3.8) is 0 Å². The van der Waals surface area contributed by atoms with Gasteiger partial charge in [0.05, 0.1) is 38.9 Å². The van der Waals surface area contributed by atoms with Crippen LogP contribution in [0, 0.1) is 0 Å². The zero-order chi connectivity index (χ0) is 41.1. The quantitative estimate of drug-likeness (QED) is 0.0517. The molecule has 310 valence electrons. The van der Waals surface area contributed by atoms with Crippen LogP contribution in [0.2, 0.25) is 0 Å². The molecule has 56 heavy (non-hydrogen) atoms. The predicted molar refractivity (Wildman–Crippen MR) is 208 cm³/mol. The number of imidazole rings is 1. The van der Waals surface area contributed by atoms with E-state index in [1.807, 2.05) is 44.2 Å². The van der Waals surface area contributed by atoms with Gasteiger partial charge in [0.1, 0.15) is 23.3 Å². The van der Waals surface area contributed by atoms with Crippen LogP contribution >= 0.6 is 7.60 Å². The maximum atomic E-state index is 14.1. The Bertz CT molecular complexity index is 1770. The summed E-state index contributed by atoms with van der Waals surface area (Å²) < 4.78 is 56.2. The average molecular weight is 804 g/mol. The summed E-state index contributed by atoms with van der Waals surface area (Å²) in [7, 11) is -4.08. The first kappa shape index (κ1) is 44.8. The second-order valence-electron chi connectivity index (χ2n) is 15.4. The van der Waals surface area contributed by atoms with Gasteiger partial charge in [0, 0.05) is 6.42 Å². The minimum Gasteiger partial charge on any atom is -0.464 e. The minimum atomic E-state index is -4.08. The van der Waals surface area contributed by atoms with Crippen LogP contribution in [-0.4, -0.2) is 87.3 Å². The third-order valence-corrected chi connectivity index (χ3v) is 10.2. The van der Waals surface area contributed by atoms with Gasteiger partial charge < -0.3 is 32.7 Å². The fourth-order valence-corrected chi connectivity index (χ4v) is 7.31. The molecule has 1 unspecified atom stereocenters. The molecule has 0 radical (unpaired) electrons. The van der Waals surface area contributed by atoms with Gasteiger partial charge in [0.15, 0.2) is 17.0 Å². The molecule has 16 nitrogen and oxygen atoms in total. The third kappa shape index (κ3) is 12.5. The number of unbranched alkanes of at least 4 members (excludes halogenated alkanes) is 2. The van der Waals surface area contributed by atoms with Crippen molar-refractivity contribution in [2.45, 2.75) is 137 Å². The smallest absolute Gasteiger partial charge is 0.425 e. The van der Waals surface area contributed by atoms with E-state index in [4.69, 9.17) is 42.7 Å². The van der Waals surface area contributed by atoms with Crippen LogP contribution in [0.25, 0.3) is 11.2 Å². The van der Waals surface area contributed by atoms with Gasteiger partial charge in [-0.3, -0.25) is 9.13 Å². The summed E-state index contributed by atoms with van der Waals surface area (Å²) >= 11 is 0. The van der Waals surface area contributed by atoms with Crippen LogP contribution in [0.5, 0.6) is 0 Å². The summed E-state index contributed by atoms with van der Waals surface area (Å²) in [4.78, 5) is 55.5. The lowest BCUT2D eigenvalue weighted by Gasteiger charge is -2.28. The lowest BCUT2D eigenvalue weighted by molar-refractivity contribution is -0.154. The highest BCUT2D eigenvalue weighted by atomic mass is 31.2. The second kappa shape index (κ2) is 20.0. The Hall–Kier alpha value is -3.95. The van der Waals surface area contributed by atoms with Crippen LogP contribution in [-0.2, 0) is 48.5 Å². The molecule has 3 heterocycles. The van der Waals surface area contributed by atoms with Gasteiger partial charge in [0.25, 0.3) is 5.85 Å². The zero-order valence-corrected chi connectivity index (χ0v) is 35.0. The normalized spacial score (nSPS) is 16.8. The number of carbonyl (C=O) groups excluding carboxylic acids is 3. The zero-order valence-electron chi connectivity index (χ0n) is 34.1. The fourth-order valence-electron chi connectivity index (χ4n) is 5.59. The standard InChI is InChI=1S/C39H58N5O11P/c1-10-13-22-51-56(48,52-23-14-11-2)35(34(45)49-12-3)50-25-28-20-21-30(53-28)43-26-40-31-32(43)41-29(24-27-18-16-15-17-19-27)42-33(31)44(36(46)54-38(4,5)6)37(47)55-39(7,8)9/h15-19,26,28,30,35H,10-14,20-25H2,1-9H3/t28-,30+,35?/m0/s1. The molecule has 1 saturated heterocycles. The maximum Gasteiger partial charge on any atom is 0.425 e. The van der Waals surface area contributed by atoms with E-state index < -0.39 is 55.1 Å². The summed E-state index contributed by atoms with van der Waals surface area (Å²) in [6.45, 7) is 15.9. The Morgan fingerprint density at radius 1 is 0.911 bits per heavy atom. The molecule has 1 aliphatic heterocycles. The van der Waals surface area contributed by atoms with Crippen LogP contribution in [0.1, 0.15) is 118 Å². The highest BCUT2D eigenvalue weighted by Crippen LogP contribution is 2.54. The van der Waals surface area contributed by atoms with E-state index in [-0.39, 0.29) is 44.2 Å². The molecule has 1 fully saturated rings. The van der Waals surface area contributed by atoms with E-state index in [0.717, 1.165) is 23.3 Å². The minimum absolute atomic E-state index is 0.0493. The Labute approximate surface area is 329 Å². The van der Waals surface area contributed by atoms with Crippen molar-refractivity contribution in [2.24, 2.45) is 0 Å². The predicted octanol–water partition coefficient (Wildman–Crippen LogP) is 8.50. The molecule has 0 spiro atoms. The summed E-state index contributed by atoms with van der Waals surface area (Å²) in [6, 6.07) is 9.51. The number of anilines is 1. The van der Waals surface area contributed by atoms with Crippen molar-refractivity contribution in [3.05, 3.63) is 48.0 Å². The second-order valence-corrected chi connectivity index (χ2v) is 17.5. The average Bonchev–Trinajstić information content (AvgIpc) is 3.75. The topological polar surface area (TPSA) is 180 Å². The van der Waals surface area contributed by atoms with Crippen molar-refractivity contribution in [1.82, 2.24) is 19.5 Å². The van der Waals surface area contributed by atoms with E-state index in [0.29, 0.717) is 37.2 Å². The van der Waals surface area contributed by atoms with Crippen LogP contribution < -0.4 is 4.90 Å². The van der Waals surface area contributed by atoms with Crippen molar-refractivity contribution < 1.29 is 51.7 Å². The molecule has 0 saturated carbocycles. The van der Waals surface area contributed by atoms with Crippen molar-refractivity contribution in [2.75, 3.05) is 31.3 Å². The van der Waals surface area contributed by atoms with E-state index in [2.05, 4.69) is 4.98 Å². The van der Waals surface area contributed by atoms with Gasteiger partial charge >= 0.3 is 25.8 Å². The lowest BCUT2D eigenvalue weighted by Crippen LogP contribution is -2.44. The molecule has 4 rings (SSSR count). The van der Waals surface area contributed by atoms with Gasteiger partial charge in [0.2, 0.25) is 0 Å². The molecular weight excluding hydrogens is 745 g/mol. The van der Waals surface area contributed by atoms with Crippen LogP contribution in [0.4, 0.5) is 15.4 Å². The Morgan fingerprint density at radius 3 is 2.07 bits per heavy atom. The molecular formula is C39H58N5O11P. The van der Waals surface area contributed by atoms with Gasteiger partial charge in [-0.15, -0.1) is 0 Å². The lowest BCUT2D eigenvalue weighted by atomic mass is 10.1.